The molecule has 0 spiro atoms. The fourth-order valence-electron chi connectivity index (χ4n) is 2.84. The van der Waals surface area contributed by atoms with Crippen LogP contribution in [0, 0.1) is 0 Å². The Morgan fingerprint density at radius 1 is 0.767 bits per heavy atom. The van der Waals surface area contributed by atoms with Gasteiger partial charge in [-0.25, -0.2) is 9.59 Å². The van der Waals surface area contributed by atoms with Crippen molar-refractivity contribution in [3.63, 3.8) is 0 Å². The van der Waals surface area contributed by atoms with Crippen molar-refractivity contribution in [2.75, 3.05) is 6.61 Å². The Balaban J connectivity index is 1.65. The van der Waals surface area contributed by atoms with Crippen molar-refractivity contribution in [1.29, 1.82) is 0 Å². The van der Waals surface area contributed by atoms with E-state index in [-0.39, 0.29) is 12.4 Å². The molecule has 5 nitrogen and oxygen atoms in total. The Morgan fingerprint density at radius 2 is 1.27 bits per heavy atom. The molecular formula is C25H24NO4+. The summed E-state index contributed by atoms with van der Waals surface area (Å²) in [5.74, 6) is -0.690. The van der Waals surface area contributed by atoms with E-state index >= 15 is 0 Å². The van der Waals surface area contributed by atoms with Crippen LogP contribution in [-0.2, 0) is 16.0 Å². The summed E-state index contributed by atoms with van der Waals surface area (Å²) in [6.45, 7) is 4.57. The van der Waals surface area contributed by atoms with Crippen molar-refractivity contribution in [1.82, 2.24) is 0 Å². The van der Waals surface area contributed by atoms with Crippen molar-refractivity contribution < 1.29 is 24.4 Å². The highest BCUT2D eigenvalue weighted by Gasteiger charge is 2.23. The van der Waals surface area contributed by atoms with Gasteiger partial charge < -0.3 is 14.8 Å². The van der Waals surface area contributed by atoms with Gasteiger partial charge in [0.2, 0.25) is 0 Å². The fourth-order valence-corrected chi connectivity index (χ4v) is 2.84. The molecule has 2 N–H and O–H groups in total. The zero-order valence-corrected chi connectivity index (χ0v) is 16.6. The first-order valence-electron chi connectivity index (χ1n) is 9.69. The molecule has 0 aliphatic carbocycles. The van der Waals surface area contributed by atoms with E-state index in [1.165, 1.54) is 0 Å². The maximum atomic E-state index is 12.4. The largest absolute Gasteiger partial charge is 0.455 e. The molecule has 0 saturated carbocycles. The lowest BCUT2D eigenvalue weighted by molar-refractivity contribution is -0.700. The van der Waals surface area contributed by atoms with E-state index in [4.69, 9.17) is 9.47 Å². The van der Waals surface area contributed by atoms with Crippen LogP contribution in [0.4, 0.5) is 0 Å². The Morgan fingerprint density at radius 3 is 1.83 bits per heavy atom. The smallest absolute Gasteiger partial charge is 0.343 e. The second-order valence-electron chi connectivity index (χ2n) is 6.72. The van der Waals surface area contributed by atoms with Gasteiger partial charge in [-0.05, 0) is 24.3 Å². The molecule has 0 saturated heterocycles. The molecule has 0 aliphatic rings. The van der Waals surface area contributed by atoms with Crippen LogP contribution < -0.4 is 5.32 Å². The van der Waals surface area contributed by atoms with E-state index in [2.05, 4.69) is 6.58 Å². The second-order valence-corrected chi connectivity index (χ2v) is 6.72. The minimum atomic E-state index is -0.493. The highest BCUT2D eigenvalue weighted by atomic mass is 16.6. The quantitative estimate of drug-likeness (QED) is 0.440. The molecule has 0 heterocycles. The van der Waals surface area contributed by atoms with Crippen LogP contribution in [0.2, 0.25) is 0 Å². The summed E-state index contributed by atoms with van der Waals surface area (Å²) in [7, 11) is 0. The van der Waals surface area contributed by atoms with Gasteiger partial charge in [-0.15, -0.1) is 0 Å². The molecular weight excluding hydrogens is 378 g/mol. The number of carbonyl (C=O) groups is 2. The van der Waals surface area contributed by atoms with Gasteiger partial charge in [0.25, 0.3) is 0 Å². The number of nitrogens with two attached hydrogens (primary N) is 1. The van der Waals surface area contributed by atoms with Crippen LogP contribution in [0.3, 0.4) is 0 Å². The van der Waals surface area contributed by atoms with Gasteiger partial charge in [-0.2, -0.15) is 0 Å². The van der Waals surface area contributed by atoms with E-state index < -0.39 is 18.0 Å². The van der Waals surface area contributed by atoms with Gasteiger partial charge in [0.15, 0.2) is 18.4 Å². The number of ether oxygens (including phenoxy) is 2. The lowest BCUT2D eigenvalue weighted by Gasteiger charge is -2.18. The number of quaternary nitrogens is 1. The summed E-state index contributed by atoms with van der Waals surface area (Å²) in [6, 6.07) is 26.9. The first-order valence-corrected chi connectivity index (χ1v) is 9.69. The van der Waals surface area contributed by atoms with Crippen molar-refractivity contribution in [3.8, 4) is 0 Å². The van der Waals surface area contributed by atoms with E-state index in [9.17, 15) is 9.59 Å². The summed E-state index contributed by atoms with van der Waals surface area (Å²) < 4.78 is 10.9. The molecule has 152 valence electrons. The number of esters is 2. The monoisotopic (exact) mass is 402 g/mol. The predicted molar refractivity (Wildman–Crippen MR) is 114 cm³/mol. The van der Waals surface area contributed by atoms with E-state index in [1.54, 1.807) is 48.5 Å². The summed E-state index contributed by atoms with van der Waals surface area (Å²) >= 11 is 0. The third-order valence-corrected chi connectivity index (χ3v) is 4.53. The molecule has 3 rings (SSSR count). The zero-order valence-electron chi connectivity index (χ0n) is 16.6. The number of benzene rings is 3. The molecule has 3 aromatic carbocycles. The van der Waals surface area contributed by atoms with Gasteiger partial charge in [0, 0.05) is 5.56 Å². The number of hydrogen-bond acceptors (Lipinski definition) is 4. The van der Waals surface area contributed by atoms with Gasteiger partial charge in [0.05, 0.1) is 11.1 Å². The van der Waals surface area contributed by atoms with Crippen LogP contribution in [0.1, 0.15) is 26.3 Å². The maximum absolute atomic E-state index is 12.4. The topological polar surface area (TPSA) is 69.2 Å². The Labute approximate surface area is 176 Å². The fraction of sp³-hybridized carbons (Fsp3) is 0.120. The maximum Gasteiger partial charge on any atom is 0.343 e. The normalized spacial score (nSPS) is 11.3. The van der Waals surface area contributed by atoms with Gasteiger partial charge >= 0.3 is 11.9 Å². The molecule has 0 amide bonds. The van der Waals surface area contributed by atoms with Crippen molar-refractivity contribution >= 4 is 11.9 Å². The summed E-state index contributed by atoms with van der Waals surface area (Å²) in [6.07, 6.45) is 0. The van der Waals surface area contributed by atoms with E-state index in [0.29, 0.717) is 17.7 Å². The highest BCUT2D eigenvalue weighted by Crippen LogP contribution is 2.09. The molecule has 1 atom stereocenters. The molecule has 30 heavy (non-hydrogen) atoms. The number of hydrogen-bond donors (Lipinski definition) is 1. The summed E-state index contributed by atoms with van der Waals surface area (Å²) in [5, 5.41) is 1.94. The van der Waals surface area contributed by atoms with Crippen LogP contribution in [0.25, 0.3) is 0 Å². The average molecular weight is 402 g/mol. The molecule has 0 fully saturated rings. The second kappa shape index (κ2) is 10.7. The Kier molecular flexibility index (Phi) is 7.52. The van der Waals surface area contributed by atoms with Crippen molar-refractivity contribution in [2.24, 2.45) is 0 Å². The Hall–Kier alpha value is -3.70. The number of rotatable bonds is 9. The van der Waals surface area contributed by atoms with Crippen LogP contribution >= 0.6 is 0 Å². The molecule has 3 aromatic rings. The molecule has 0 aromatic heterocycles. The molecule has 0 bridgehead atoms. The summed E-state index contributed by atoms with van der Waals surface area (Å²) in [5.41, 5.74) is 1.99. The summed E-state index contributed by atoms with van der Waals surface area (Å²) in [4.78, 5) is 24.7. The SMILES string of the molecule is C=C(OC(=O)c1ccccc1)[C@@H](COC(=O)c1ccccc1)[NH2+]Cc1ccccc1. The van der Waals surface area contributed by atoms with Crippen LogP contribution in [0.5, 0.6) is 0 Å². The third kappa shape index (κ3) is 6.15. The lowest BCUT2D eigenvalue weighted by atomic mass is 10.2. The minimum absolute atomic E-state index is 0.0292. The lowest BCUT2D eigenvalue weighted by Crippen LogP contribution is -2.90. The average Bonchev–Trinajstić information content (AvgIpc) is 2.80. The predicted octanol–water partition coefficient (Wildman–Crippen LogP) is 3.35. The standard InChI is InChI=1S/C25H23NO4/c1-19(30-25(28)22-15-9-4-10-16-22)23(26-17-20-11-5-2-6-12-20)18-29-24(27)21-13-7-3-8-14-21/h2-16,23,26H,1,17-18H2/p+1/t23-/m1/s1. The van der Waals surface area contributed by atoms with Gasteiger partial charge in [-0.1, -0.05) is 73.3 Å². The molecule has 5 heteroatoms. The molecule has 0 unspecified atom stereocenters. The number of carbonyl (C=O) groups excluding carboxylic acids is 2. The van der Waals surface area contributed by atoms with Crippen LogP contribution in [0.15, 0.2) is 103 Å². The van der Waals surface area contributed by atoms with Gasteiger partial charge in [-0.3, -0.25) is 0 Å². The van der Waals surface area contributed by atoms with Gasteiger partial charge in [0.1, 0.15) is 6.54 Å². The van der Waals surface area contributed by atoms with E-state index in [1.807, 2.05) is 47.8 Å². The first kappa shape index (κ1) is 21.0. The third-order valence-electron chi connectivity index (χ3n) is 4.53. The minimum Gasteiger partial charge on any atom is -0.455 e. The molecule has 0 aliphatic heterocycles. The highest BCUT2D eigenvalue weighted by molar-refractivity contribution is 5.90. The van der Waals surface area contributed by atoms with E-state index in [0.717, 1.165) is 5.56 Å². The molecule has 0 radical (unpaired) electrons. The van der Waals surface area contributed by atoms with Crippen LogP contribution in [-0.4, -0.2) is 24.6 Å². The van der Waals surface area contributed by atoms with Crippen molar-refractivity contribution in [2.45, 2.75) is 12.6 Å². The Bertz CT molecular complexity index is 972. The zero-order chi connectivity index (χ0) is 21.2. The van der Waals surface area contributed by atoms with Crippen molar-refractivity contribution in [3.05, 3.63) is 120 Å². The first-order chi connectivity index (χ1) is 14.6.